The molecule has 0 aromatic carbocycles. The van der Waals surface area contributed by atoms with Crippen molar-refractivity contribution in [2.45, 2.75) is 40.2 Å². The lowest BCUT2D eigenvalue weighted by molar-refractivity contribution is -0.138. The van der Waals surface area contributed by atoms with Gasteiger partial charge in [0.1, 0.15) is 0 Å². The normalized spacial score (nSPS) is 25.0. The van der Waals surface area contributed by atoms with E-state index in [1.165, 1.54) is 0 Å². The van der Waals surface area contributed by atoms with E-state index in [0.29, 0.717) is 13.0 Å². The van der Waals surface area contributed by atoms with E-state index in [4.69, 9.17) is 0 Å². The van der Waals surface area contributed by atoms with Gasteiger partial charge in [0.15, 0.2) is 5.65 Å². The molecule has 2 amide bonds. The zero-order chi connectivity index (χ0) is 18.2. The van der Waals surface area contributed by atoms with E-state index in [2.05, 4.69) is 20.6 Å². The van der Waals surface area contributed by atoms with Gasteiger partial charge in [-0.1, -0.05) is 20.8 Å². The first kappa shape index (κ1) is 17.4. The minimum Gasteiger partial charge on any atom is -0.359 e. The van der Waals surface area contributed by atoms with Crippen molar-refractivity contribution in [3.63, 3.8) is 0 Å². The summed E-state index contributed by atoms with van der Waals surface area (Å²) in [6.45, 7) is 6.38. The molecule has 134 valence electrons. The third-order valence-electron chi connectivity index (χ3n) is 6.11. The molecule has 0 aliphatic heterocycles. The molecule has 2 aromatic rings. The van der Waals surface area contributed by atoms with E-state index in [1.54, 1.807) is 25.6 Å². The van der Waals surface area contributed by atoms with Crippen LogP contribution in [0.25, 0.3) is 5.65 Å². The van der Waals surface area contributed by atoms with Crippen molar-refractivity contribution in [1.82, 2.24) is 25.0 Å². The third kappa shape index (κ3) is 2.67. The highest BCUT2D eigenvalue weighted by Gasteiger charge is 2.57. The van der Waals surface area contributed by atoms with Gasteiger partial charge in [-0.25, -0.2) is 4.98 Å². The van der Waals surface area contributed by atoms with E-state index in [1.807, 2.05) is 31.4 Å². The summed E-state index contributed by atoms with van der Waals surface area (Å²) in [4.78, 5) is 33.5. The van der Waals surface area contributed by atoms with Crippen molar-refractivity contribution in [3.8, 4) is 0 Å². The van der Waals surface area contributed by atoms with Gasteiger partial charge in [-0.2, -0.15) is 0 Å². The van der Waals surface area contributed by atoms with Crippen molar-refractivity contribution in [2.75, 3.05) is 7.05 Å². The average molecular weight is 343 g/mol. The Morgan fingerprint density at radius 1 is 1.32 bits per heavy atom. The molecule has 25 heavy (non-hydrogen) atoms. The fraction of sp³-hybridized carbons (Fsp3) is 0.556. The Balaban J connectivity index is 1.75. The van der Waals surface area contributed by atoms with Crippen LogP contribution in [0.15, 0.2) is 24.8 Å². The largest absolute Gasteiger partial charge is 0.359 e. The first-order chi connectivity index (χ1) is 11.8. The van der Waals surface area contributed by atoms with Gasteiger partial charge >= 0.3 is 0 Å². The lowest BCUT2D eigenvalue weighted by Gasteiger charge is -2.39. The number of aromatic nitrogens is 3. The van der Waals surface area contributed by atoms with Crippen LogP contribution in [0.5, 0.6) is 0 Å². The summed E-state index contributed by atoms with van der Waals surface area (Å²) in [6.07, 6.45) is 8.36. The van der Waals surface area contributed by atoms with Gasteiger partial charge in [-0.05, 0) is 18.3 Å². The molecule has 0 saturated heterocycles. The van der Waals surface area contributed by atoms with Crippen molar-refractivity contribution >= 4 is 17.5 Å². The standard InChI is InChI=1S/C18H25N5O2/c1-17(2)13(15(24)19-4)5-6-18(17,3)16(25)22-10-12-9-21-14-11-20-7-8-23(12)14/h7-9,11,13H,5-6,10H2,1-4H3,(H,19,24)(H,22,25)/t13-,18+/m0/s1. The van der Waals surface area contributed by atoms with Crippen molar-refractivity contribution in [1.29, 1.82) is 0 Å². The predicted octanol–water partition coefficient (Wildman–Crippen LogP) is 1.53. The number of hydrogen-bond acceptors (Lipinski definition) is 4. The molecule has 0 spiro atoms. The molecule has 0 bridgehead atoms. The lowest BCUT2D eigenvalue weighted by atomic mass is 9.65. The maximum absolute atomic E-state index is 13.0. The quantitative estimate of drug-likeness (QED) is 0.881. The number of carbonyl (C=O) groups excluding carboxylic acids is 2. The second kappa shape index (κ2) is 6.13. The molecule has 2 heterocycles. The van der Waals surface area contributed by atoms with Crippen LogP contribution in [0.3, 0.4) is 0 Å². The van der Waals surface area contributed by atoms with E-state index < -0.39 is 10.8 Å². The van der Waals surface area contributed by atoms with E-state index in [0.717, 1.165) is 17.8 Å². The van der Waals surface area contributed by atoms with Gasteiger partial charge in [0.05, 0.1) is 30.0 Å². The van der Waals surface area contributed by atoms with Crippen LogP contribution in [0, 0.1) is 16.7 Å². The number of rotatable bonds is 4. The molecule has 1 fully saturated rings. The first-order valence-electron chi connectivity index (χ1n) is 8.57. The molecular formula is C18H25N5O2. The molecule has 1 aliphatic rings. The average Bonchev–Trinajstić information content (AvgIpc) is 3.12. The van der Waals surface area contributed by atoms with Gasteiger partial charge in [0, 0.05) is 25.4 Å². The topological polar surface area (TPSA) is 88.4 Å². The Morgan fingerprint density at radius 3 is 2.80 bits per heavy atom. The Kier molecular flexibility index (Phi) is 4.26. The second-order valence-corrected chi connectivity index (χ2v) is 7.50. The zero-order valence-electron chi connectivity index (χ0n) is 15.2. The van der Waals surface area contributed by atoms with Crippen molar-refractivity contribution in [2.24, 2.45) is 16.7 Å². The number of amides is 2. The highest BCUT2D eigenvalue weighted by molar-refractivity contribution is 5.87. The molecule has 3 rings (SSSR count). The number of imidazole rings is 1. The van der Waals surface area contributed by atoms with E-state index >= 15 is 0 Å². The highest BCUT2D eigenvalue weighted by Crippen LogP contribution is 2.56. The molecule has 1 saturated carbocycles. The molecule has 0 radical (unpaired) electrons. The number of carbonyl (C=O) groups is 2. The van der Waals surface area contributed by atoms with Crippen LogP contribution in [-0.2, 0) is 16.1 Å². The lowest BCUT2D eigenvalue weighted by Crippen LogP contribution is -2.49. The van der Waals surface area contributed by atoms with Gasteiger partial charge in [0.2, 0.25) is 11.8 Å². The number of fused-ring (bicyclic) bond motifs is 1. The Bertz CT molecular complexity index is 813. The van der Waals surface area contributed by atoms with Crippen LogP contribution in [-0.4, -0.2) is 33.2 Å². The Labute approximate surface area is 147 Å². The van der Waals surface area contributed by atoms with Crippen molar-refractivity contribution in [3.05, 3.63) is 30.5 Å². The minimum absolute atomic E-state index is 0.0100. The van der Waals surface area contributed by atoms with Gasteiger partial charge in [0.25, 0.3) is 0 Å². The molecule has 0 unspecified atom stereocenters. The monoisotopic (exact) mass is 343 g/mol. The molecular weight excluding hydrogens is 318 g/mol. The zero-order valence-corrected chi connectivity index (χ0v) is 15.2. The second-order valence-electron chi connectivity index (χ2n) is 7.50. The summed E-state index contributed by atoms with van der Waals surface area (Å²) in [5.74, 6) is -0.168. The Hall–Kier alpha value is -2.44. The summed E-state index contributed by atoms with van der Waals surface area (Å²) in [5.41, 5.74) is 0.638. The molecule has 2 aromatic heterocycles. The van der Waals surface area contributed by atoms with Crippen LogP contribution in [0.4, 0.5) is 0 Å². The minimum atomic E-state index is -0.591. The van der Waals surface area contributed by atoms with E-state index in [-0.39, 0.29) is 17.7 Å². The van der Waals surface area contributed by atoms with Crippen molar-refractivity contribution < 1.29 is 9.59 Å². The highest BCUT2D eigenvalue weighted by atomic mass is 16.2. The number of nitrogens with zero attached hydrogens (tertiary/aromatic N) is 3. The van der Waals surface area contributed by atoms with Crippen LogP contribution in [0.1, 0.15) is 39.3 Å². The molecule has 7 nitrogen and oxygen atoms in total. The smallest absolute Gasteiger partial charge is 0.226 e. The number of nitrogens with one attached hydrogen (secondary N) is 2. The van der Waals surface area contributed by atoms with E-state index in [9.17, 15) is 9.59 Å². The molecule has 2 N–H and O–H groups in total. The number of hydrogen-bond donors (Lipinski definition) is 2. The van der Waals surface area contributed by atoms with Gasteiger partial charge in [-0.15, -0.1) is 0 Å². The fourth-order valence-electron chi connectivity index (χ4n) is 3.93. The van der Waals surface area contributed by atoms with Crippen LogP contribution < -0.4 is 10.6 Å². The molecule has 2 atom stereocenters. The van der Waals surface area contributed by atoms with Gasteiger partial charge in [-0.3, -0.25) is 19.0 Å². The Morgan fingerprint density at radius 2 is 2.08 bits per heavy atom. The summed E-state index contributed by atoms with van der Waals surface area (Å²) in [5, 5.41) is 5.77. The summed E-state index contributed by atoms with van der Waals surface area (Å²) < 4.78 is 1.91. The molecule has 7 heteroatoms. The maximum atomic E-state index is 13.0. The first-order valence-corrected chi connectivity index (χ1v) is 8.57. The maximum Gasteiger partial charge on any atom is 0.226 e. The van der Waals surface area contributed by atoms with Crippen LogP contribution in [0.2, 0.25) is 0 Å². The predicted molar refractivity (Wildman–Crippen MR) is 93.5 cm³/mol. The summed E-state index contributed by atoms with van der Waals surface area (Å²) >= 11 is 0. The third-order valence-corrected chi connectivity index (χ3v) is 6.11. The van der Waals surface area contributed by atoms with Crippen LogP contribution >= 0.6 is 0 Å². The molecule has 1 aliphatic carbocycles. The SMILES string of the molecule is CNC(=O)[C@@H]1CC[C@](C)(C(=O)NCc2cnc3cnccn23)C1(C)C. The summed E-state index contributed by atoms with van der Waals surface area (Å²) in [7, 11) is 1.65. The fourth-order valence-corrected chi connectivity index (χ4v) is 3.93. The summed E-state index contributed by atoms with van der Waals surface area (Å²) in [6, 6.07) is 0. The van der Waals surface area contributed by atoms with Gasteiger partial charge < -0.3 is 10.6 Å².